The molecule has 1 aromatic rings. The number of rotatable bonds is 5. The maximum Gasteiger partial charge on any atom is 0.273 e. The Balaban J connectivity index is 3.31. The van der Waals surface area contributed by atoms with Gasteiger partial charge in [0.1, 0.15) is 10.6 Å². The summed E-state index contributed by atoms with van der Waals surface area (Å²) in [4.78, 5) is 9.80. The van der Waals surface area contributed by atoms with Crippen LogP contribution < -0.4 is 9.46 Å². The molecule has 0 fully saturated rings. The van der Waals surface area contributed by atoms with Crippen molar-refractivity contribution in [3.63, 3.8) is 0 Å². The zero-order chi connectivity index (χ0) is 13.1. The second-order valence-electron chi connectivity index (χ2n) is 3.09. The lowest BCUT2D eigenvalue weighted by atomic mass is 10.3. The number of ether oxygens (including phenoxy) is 1. The third-order valence-corrected chi connectivity index (χ3v) is 3.57. The lowest BCUT2D eigenvalue weighted by Crippen LogP contribution is -2.23. The maximum absolute atomic E-state index is 11.7. The summed E-state index contributed by atoms with van der Waals surface area (Å²) in [7, 11) is -2.44. The molecule has 1 N–H and O–H groups in total. The first-order valence-corrected chi connectivity index (χ1v) is 6.22. The molecule has 0 aliphatic heterocycles. The Morgan fingerprint density at radius 3 is 2.59 bits per heavy atom. The minimum absolute atomic E-state index is 0.0554. The Hall–Kier alpha value is -1.67. The van der Waals surface area contributed by atoms with E-state index in [1.807, 2.05) is 0 Å². The second-order valence-corrected chi connectivity index (χ2v) is 4.83. The number of hydrogen-bond donors (Lipinski definition) is 1. The molecule has 0 radical (unpaired) electrons. The van der Waals surface area contributed by atoms with Crippen molar-refractivity contribution in [3.8, 4) is 5.75 Å². The molecule has 1 aromatic carbocycles. The molecule has 0 spiro atoms. The molecule has 7 nitrogen and oxygen atoms in total. The fourth-order valence-electron chi connectivity index (χ4n) is 1.26. The molecule has 94 valence electrons. The van der Waals surface area contributed by atoms with E-state index in [1.54, 1.807) is 6.92 Å². The molecule has 1 rings (SSSR count). The molecule has 0 atom stereocenters. The summed E-state index contributed by atoms with van der Waals surface area (Å²) < 4.78 is 30.6. The third kappa shape index (κ3) is 2.92. The van der Waals surface area contributed by atoms with Gasteiger partial charge in [0.25, 0.3) is 5.69 Å². The largest absolute Gasteiger partial charge is 0.495 e. The molecule has 0 aliphatic carbocycles. The quantitative estimate of drug-likeness (QED) is 0.626. The van der Waals surface area contributed by atoms with Crippen LogP contribution in [0, 0.1) is 10.1 Å². The summed E-state index contributed by atoms with van der Waals surface area (Å²) >= 11 is 0. The number of benzene rings is 1. The minimum atomic E-state index is -3.69. The molecular weight excluding hydrogens is 248 g/mol. The summed E-state index contributed by atoms with van der Waals surface area (Å²) in [5.74, 6) is -0.0554. The van der Waals surface area contributed by atoms with Crippen LogP contribution in [0.3, 0.4) is 0 Å². The maximum atomic E-state index is 11.7. The van der Waals surface area contributed by atoms with Crippen LogP contribution in [-0.2, 0) is 10.0 Å². The highest BCUT2D eigenvalue weighted by atomic mass is 32.2. The van der Waals surface area contributed by atoms with Gasteiger partial charge in [0.15, 0.2) is 0 Å². The molecule has 0 heterocycles. The van der Waals surface area contributed by atoms with Crippen LogP contribution in [0.4, 0.5) is 5.69 Å². The van der Waals surface area contributed by atoms with Gasteiger partial charge in [-0.15, -0.1) is 0 Å². The Morgan fingerprint density at radius 1 is 1.47 bits per heavy atom. The highest BCUT2D eigenvalue weighted by molar-refractivity contribution is 7.89. The number of non-ortho nitro benzene ring substituents is 1. The molecule has 8 heteroatoms. The zero-order valence-corrected chi connectivity index (χ0v) is 10.2. The van der Waals surface area contributed by atoms with Crippen LogP contribution in [0.2, 0.25) is 0 Å². The molecular formula is C9H12N2O5S. The third-order valence-electron chi connectivity index (χ3n) is 1.98. The van der Waals surface area contributed by atoms with E-state index in [-0.39, 0.29) is 22.9 Å². The summed E-state index contributed by atoms with van der Waals surface area (Å²) in [5, 5.41) is 10.5. The predicted octanol–water partition coefficient (Wildman–Crippen LogP) is 0.902. The van der Waals surface area contributed by atoms with Crippen molar-refractivity contribution >= 4 is 15.7 Å². The fraction of sp³-hybridized carbons (Fsp3) is 0.333. The van der Waals surface area contributed by atoms with Gasteiger partial charge >= 0.3 is 0 Å². The number of sulfonamides is 1. The van der Waals surface area contributed by atoms with Crippen molar-refractivity contribution in [2.45, 2.75) is 11.8 Å². The van der Waals surface area contributed by atoms with Crippen LogP contribution in [0.5, 0.6) is 5.75 Å². The van der Waals surface area contributed by atoms with E-state index < -0.39 is 14.9 Å². The molecule has 17 heavy (non-hydrogen) atoms. The van der Waals surface area contributed by atoms with E-state index in [9.17, 15) is 18.5 Å². The Kier molecular flexibility index (Phi) is 4.02. The highest BCUT2D eigenvalue weighted by Gasteiger charge is 2.21. The van der Waals surface area contributed by atoms with Gasteiger partial charge in [0.05, 0.1) is 18.1 Å². The van der Waals surface area contributed by atoms with Crippen LogP contribution in [0.25, 0.3) is 0 Å². The average Bonchev–Trinajstić information content (AvgIpc) is 2.28. The smallest absolute Gasteiger partial charge is 0.273 e. The van der Waals surface area contributed by atoms with Gasteiger partial charge < -0.3 is 4.74 Å². The second kappa shape index (κ2) is 5.11. The number of hydrogen-bond acceptors (Lipinski definition) is 5. The van der Waals surface area contributed by atoms with Gasteiger partial charge in [-0.25, -0.2) is 13.1 Å². The molecule has 0 saturated carbocycles. The number of methoxy groups -OCH3 is 1. The van der Waals surface area contributed by atoms with Crippen molar-refractivity contribution in [2.75, 3.05) is 13.7 Å². The first kappa shape index (κ1) is 13.4. The number of nitrogens with zero attached hydrogens (tertiary/aromatic N) is 1. The van der Waals surface area contributed by atoms with Gasteiger partial charge in [-0.1, -0.05) is 6.92 Å². The lowest BCUT2D eigenvalue weighted by Gasteiger charge is -2.09. The van der Waals surface area contributed by atoms with Gasteiger partial charge in [0, 0.05) is 12.6 Å². The monoisotopic (exact) mass is 260 g/mol. The number of nitro groups is 1. The van der Waals surface area contributed by atoms with Crippen LogP contribution in [0.1, 0.15) is 6.92 Å². The van der Waals surface area contributed by atoms with E-state index in [4.69, 9.17) is 4.74 Å². The molecule has 0 saturated heterocycles. The zero-order valence-electron chi connectivity index (χ0n) is 9.34. The van der Waals surface area contributed by atoms with Crippen molar-refractivity contribution < 1.29 is 18.1 Å². The lowest BCUT2D eigenvalue weighted by molar-refractivity contribution is -0.385. The molecule has 0 aliphatic rings. The van der Waals surface area contributed by atoms with Crippen molar-refractivity contribution in [3.05, 3.63) is 28.3 Å². The first-order chi connectivity index (χ1) is 7.92. The van der Waals surface area contributed by atoms with Gasteiger partial charge in [-0.05, 0) is 6.07 Å². The fourth-order valence-corrected chi connectivity index (χ4v) is 2.45. The van der Waals surface area contributed by atoms with E-state index in [0.717, 1.165) is 18.2 Å². The Labute approximate surface area is 98.6 Å². The molecule has 0 aromatic heterocycles. The van der Waals surface area contributed by atoms with Gasteiger partial charge in [-0.3, -0.25) is 10.1 Å². The van der Waals surface area contributed by atoms with E-state index >= 15 is 0 Å². The minimum Gasteiger partial charge on any atom is -0.495 e. The van der Waals surface area contributed by atoms with Gasteiger partial charge in [-0.2, -0.15) is 0 Å². The van der Waals surface area contributed by atoms with Crippen LogP contribution in [-0.4, -0.2) is 27.0 Å². The van der Waals surface area contributed by atoms with Crippen molar-refractivity contribution in [1.29, 1.82) is 0 Å². The van der Waals surface area contributed by atoms with Gasteiger partial charge in [0.2, 0.25) is 10.0 Å². The predicted molar refractivity (Wildman–Crippen MR) is 60.5 cm³/mol. The Morgan fingerprint density at radius 2 is 2.12 bits per heavy atom. The summed E-state index contributed by atoms with van der Waals surface area (Å²) in [6, 6.07) is 3.34. The number of nitrogens with one attached hydrogen (secondary N) is 1. The normalized spacial score (nSPS) is 11.2. The van der Waals surface area contributed by atoms with Crippen molar-refractivity contribution in [1.82, 2.24) is 4.72 Å². The molecule has 0 bridgehead atoms. The summed E-state index contributed by atoms with van der Waals surface area (Å²) in [6.45, 7) is 1.86. The van der Waals surface area contributed by atoms with E-state index in [1.165, 1.54) is 7.11 Å². The molecule has 0 unspecified atom stereocenters. The highest BCUT2D eigenvalue weighted by Crippen LogP contribution is 2.27. The standard InChI is InChI=1S/C9H12N2O5S/c1-3-10-17(14,15)9-5-4-7(11(12)13)6-8(9)16-2/h4-6,10H,3H2,1-2H3. The summed E-state index contributed by atoms with van der Waals surface area (Å²) in [5.41, 5.74) is -0.225. The van der Waals surface area contributed by atoms with E-state index in [0.29, 0.717) is 0 Å². The van der Waals surface area contributed by atoms with E-state index in [2.05, 4.69) is 4.72 Å². The Bertz CT molecular complexity index is 526. The summed E-state index contributed by atoms with van der Waals surface area (Å²) in [6.07, 6.45) is 0. The van der Waals surface area contributed by atoms with Crippen molar-refractivity contribution in [2.24, 2.45) is 0 Å². The SMILES string of the molecule is CCNS(=O)(=O)c1ccc([N+](=O)[O-])cc1OC. The topological polar surface area (TPSA) is 98.5 Å². The molecule has 0 amide bonds. The number of nitro benzene ring substituents is 1. The van der Waals surface area contributed by atoms with Crippen LogP contribution in [0.15, 0.2) is 23.1 Å². The van der Waals surface area contributed by atoms with Crippen LogP contribution >= 0.6 is 0 Å². The first-order valence-electron chi connectivity index (χ1n) is 4.74. The average molecular weight is 260 g/mol.